The van der Waals surface area contributed by atoms with Gasteiger partial charge in [-0.05, 0) is 203 Å². The second-order valence-electron chi connectivity index (χ2n) is 18.4. The highest BCUT2D eigenvalue weighted by atomic mass is 127. The van der Waals surface area contributed by atoms with Gasteiger partial charge in [0.2, 0.25) is 0 Å². The van der Waals surface area contributed by atoms with Crippen LogP contribution in [0.15, 0.2) is 267 Å². The van der Waals surface area contributed by atoms with Crippen LogP contribution in [0.1, 0.15) is 8.85 Å². The molecule has 14 aromatic rings. The van der Waals surface area contributed by atoms with Gasteiger partial charge in [-0.1, -0.05) is 183 Å². The summed E-state index contributed by atoms with van der Waals surface area (Å²) in [6.45, 7) is 0. The summed E-state index contributed by atoms with van der Waals surface area (Å²) >= 11 is 7.20. The van der Waals surface area contributed by atoms with Crippen LogP contribution < -0.4 is 4.65 Å². The normalized spacial score (nSPS) is 10.9. The zero-order chi connectivity index (χ0) is 51.5. The molecule has 0 saturated heterocycles. The molecule has 0 aliphatic rings. The lowest BCUT2D eigenvalue weighted by molar-refractivity contribution is 0.454. The van der Waals surface area contributed by atoms with E-state index in [1.165, 1.54) is 104 Å². The van der Waals surface area contributed by atoms with Crippen LogP contribution in [-0.2, 0) is 0 Å². The van der Waals surface area contributed by atoms with E-state index >= 15 is 0 Å². The molecule has 0 spiro atoms. The van der Waals surface area contributed by atoms with Gasteiger partial charge in [0.15, 0.2) is 0 Å². The van der Waals surface area contributed by atoms with Gasteiger partial charge in [-0.15, -0.1) is 24.0 Å². The maximum Gasteiger partial charge on any atom is 0.569 e. The summed E-state index contributed by atoms with van der Waals surface area (Å²) in [6.07, 6.45) is 0. The topological polar surface area (TPSA) is 39.3 Å². The van der Waals surface area contributed by atoms with E-state index < -0.39 is 0 Å². The standard InChI is InChI=1S/C34H22IN.C24H17BNO2.C10H6I2.CH4.HI.H2/c35-31-14-7-9-25-8-6-13-28(34(25)31)24-18-16-23(17-19-24)26-20-21-33-30(22-26)29-12-4-5-15-32(29)36(33)27-10-2-1-3-11-27;27-25-28-20-13-10-17(11-14-20)18-12-15-24-22(16-18)21-8-4-5-9-23(21)26(24)19-6-2-1-3-7-19;11-8-5-1-3-7-4-2-6-9(12)10(7)8;;;/h1-22H;1-16,27H;1-6H;1H4;2*1H. The van der Waals surface area contributed by atoms with Crippen molar-refractivity contribution in [1.82, 2.24) is 9.13 Å². The van der Waals surface area contributed by atoms with Crippen molar-refractivity contribution in [2.24, 2.45) is 0 Å². The van der Waals surface area contributed by atoms with Gasteiger partial charge in [0.25, 0.3) is 0 Å². The molecule has 0 bridgehead atoms. The van der Waals surface area contributed by atoms with Crippen LogP contribution in [0.2, 0.25) is 0 Å². The minimum absolute atomic E-state index is 0. The fraction of sp³-hybridized carbons (Fsp3) is 0.0145. The largest absolute Gasteiger partial charge is 0.569 e. The first-order valence-electron chi connectivity index (χ1n) is 24.9. The molecule has 9 heteroatoms. The molecule has 1 N–H and O–H groups in total. The lowest BCUT2D eigenvalue weighted by Crippen LogP contribution is -1.99. The van der Waals surface area contributed by atoms with E-state index in [1.54, 1.807) is 0 Å². The van der Waals surface area contributed by atoms with Gasteiger partial charge in [0.05, 0.1) is 22.1 Å². The molecule has 0 aliphatic heterocycles. The highest BCUT2D eigenvalue weighted by Gasteiger charge is 2.15. The molecular formula is C69H52BI4N2O2. The molecule has 381 valence electrons. The van der Waals surface area contributed by atoms with Crippen LogP contribution in [0.4, 0.5) is 0 Å². The van der Waals surface area contributed by atoms with Gasteiger partial charge < -0.3 is 18.8 Å². The third kappa shape index (κ3) is 11.0. The Balaban J connectivity index is 0.000000156. The average Bonchev–Trinajstić information content (AvgIpc) is 4.11. The third-order valence-electron chi connectivity index (χ3n) is 13.9. The molecule has 2 heterocycles. The average molecular weight is 1460 g/mol. The van der Waals surface area contributed by atoms with Gasteiger partial charge in [0, 0.05) is 55.8 Å². The molecular weight excluding hydrogens is 1410 g/mol. The highest BCUT2D eigenvalue weighted by Crippen LogP contribution is 2.38. The summed E-state index contributed by atoms with van der Waals surface area (Å²) in [6, 6.07) is 94.2. The Morgan fingerprint density at radius 3 is 1.18 bits per heavy atom. The number of hydrogen-bond donors (Lipinski definition) is 1. The predicted molar refractivity (Wildman–Crippen MR) is 370 cm³/mol. The van der Waals surface area contributed by atoms with Crippen molar-refractivity contribution in [3.8, 4) is 50.5 Å². The lowest BCUT2D eigenvalue weighted by atomic mass is 9.96. The smallest absolute Gasteiger partial charge is 0.537 e. The minimum Gasteiger partial charge on any atom is -0.537 e. The van der Waals surface area contributed by atoms with E-state index in [9.17, 15) is 0 Å². The fourth-order valence-electron chi connectivity index (χ4n) is 10.4. The minimum atomic E-state index is 0. The van der Waals surface area contributed by atoms with Crippen LogP contribution in [0, 0.1) is 10.7 Å². The van der Waals surface area contributed by atoms with Crippen LogP contribution in [0.25, 0.3) is 110 Å². The lowest BCUT2D eigenvalue weighted by Gasteiger charge is -2.10. The van der Waals surface area contributed by atoms with Crippen molar-refractivity contribution < 1.29 is 11.1 Å². The summed E-state index contributed by atoms with van der Waals surface area (Å²) in [4.78, 5) is 0. The Morgan fingerprint density at radius 1 is 0.346 bits per heavy atom. The molecule has 0 aliphatic carbocycles. The Morgan fingerprint density at radius 2 is 0.718 bits per heavy atom. The first-order valence-corrected chi connectivity index (χ1v) is 28.2. The number of benzene rings is 12. The van der Waals surface area contributed by atoms with E-state index in [1.807, 2.05) is 30.3 Å². The molecule has 0 atom stereocenters. The van der Waals surface area contributed by atoms with Crippen LogP contribution in [0.3, 0.4) is 0 Å². The molecule has 4 nitrogen and oxygen atoms in total. The fourth-order valence-corrected chi connectivity index (χ4v) is 13.4. The Kier molecular flexibility index (Phi) is 17.3. The van der Waals surface area contributed by atoms with Crippen molar-refractivity contribution in [2.45, 2.75) is 7.43 Å². The van der Waals surface area contributed by atoms with Crippen LogP contribution in [-0.4, -0.2) is 21.8 Å². The summed E-state index contributed by atoms with van der Waals surface area (Å²) in [5.74, 6) is 0.605. The first kappa shape index (κ1) is 54.8. The maximum atomic E-state index is 8.77. The summed E-state index contributed by atoms with van der Waals surface area (Å²) in [5, 5.41) is 19.1. The first-order chi connectivity index (χ1) is 37.4. The second kappa shape index (κ2) is 24.7. The van der Waals surface area contributed by atoms with Crippen molar-refractivity contribution in [3.05, 3.63) is 278 Å². The molecule has 0 amide bonds. The van der Waals surface area contributed by atoms with Crippen LogP contribution in [0.5, 0.6) is 5.75 Å². The van der Waals surface area contributed by atoms with Crippen molar-refractivity contribution in [1.29, 1.82) is 0 Å². The van der Waals surface area contributed by atoms with Crippen LogP contribution >= 0.6 is 91.7 Å². The summed E-state index contributed by atoms with van der Waals surface area (Å²) in [5.41, 5.74) is 14.4. The third-order valence-corrected chi connectivity index (χ3v) is 16.6. The summed E-state index contributed by atoms with van der Waals surface area (Å²) in [7, 11) is 0.694. The zero-order valence-electron chi connectivity index (χ0n) is 41.3. The molecule has 12 aromatic carbocycles. The Labute approximate surface area is 515 Å². The van der Waals surface area contributed by atoms with Gasteiger partial charge in [-0.3, -0.25) is 0 Å². The van der Waals surface area contributed by atoms with E-state index in [-0.39, 0.29) is 32.8 Å². The zero-order valence-corrected chi connectivity index (χ0v) is 50.1. The summed E-state index contributed by atoms with van der Waals surface area (Å²) < 4.78 is 13.6. The van der Waals surface area contributed by atoms with E-state index in [0.717, 1.165) is 16.8 Å². The molecule has 14 rings (SSSR count). The number of hydrogen-bond acceptors (Lipinski definition) is 2. The predicted octanol–water partition coefficient (Wildman–Crippen LogP) is 20.8. The van der Waals surface area contributed by atoms with Gasteiger partial charge in [-0.2, -0.15) is 0 Å². The quantitative estimate of drug-likeness (QED) is 0.128. The number of aromatic nitrogens is 2. The number of rotatable bonds is 7. The van der Waals surface area contributed by atoms with Crippen molar-refractivity contribution >= 4 is 165 Å². The van der Waals surface area contributed by atoms with Gasteiger partial charge in [0.1, 0.15) is 5.75 Å². The van der Waals surface area contributed by atoms with Crippen molar-refractivity contribution in [3.63, 3.8) is 0 Å². The van der Waals surface area contributed by atoms with Crippen molar-refractivity contribution in [2.75, 3.05) is 0 Å². The number of para-hydroxylation sites is 4. The van der Waals surface area contributed by atoms with Gasteiger partial charge in [-0.25, -0.2) is 0 Å². The van der Waals surface area contributed by atoms with E-state index in [2.05, 4.69) is 313 Å². The molecule has 1 radical (unpaired) electrons. The monoisotopic (exact) mass is 1460 g/mol. The SMILES string of the molecule is C.I.Ic1cccc2cccc(-c3ccc(-c4ccc5c(c4)c4ccccc4n5-c4ccccc4)cc3)c12.Ic1cccc2cccc(I)c12.O[B]Oc1ccc(-c2ccc3c(c2)c2ccccc2n3-c2ccccc2)cc1.[HH]. The van der Waals surface area contributed by atoms with E-state index in [4.69, 9.17) is 9.68 Å². The van der Waals surface area contributed by atoms with Gasteiger partial charge >= 0.3 is 7.69 Å². The molecule has 0 saturated carbocycles. The molecule has 2 aromatic heterocycles. The molecule has 78 heavy (non-hydrogen) atoms. The number of nitrogens with zero attached hydrogens (tertiary/aromatic N) is 2. The molecule has 0 fully saturated rings. The Hall–Kier alpha value is -6.50. The second-order valence-corrected chi connectivity index (χ2v) is 21.9. The maximum absolute atomic E-state index is 8.77. The number of halogens is 4. The van der Waals surface area contributed by atoms with E-state index in [0.29, 0.717) is 13.4 Å². The molecule has 0 unspecified atom stereocenters. The Bertz CT molecular complexity index is 4360. The highest BCUT2D eigenvalue weighted by molar-refractivity contribution is 14.1. The number of fused-ring (bicyclic) bond motifs is 8.